The largest absolute Gasteiger partial charge is 0.144 e. The highest BCUT2D eigenvalue weighted by molar-refractivity contribution is 7.13. The molecule has 1 aromatic carbocycles. The molecule has 0 aliphatic rings. The summed E-state index contributed by atoms with van der Waals surface area (Å²) in [5.74, 6) is 0. The monoisotopic (exact) mass is 199 g/mol. The smallest absolute Gasteiger partial charge is 0.0342 e. The third-order valence-corrected chi connectivity index (χ3v) is 2.95. The molecule has 69 valence electrons. The van der Waals surface area contributed by atoms with E-state index in [1.54, 1.807) is 17.4 Å². The molecule has 14 heavy (non-hydrogen) atoms. The van der Waals surface area contributed by atoms with Crippen LogP contribution in [0.4, 0.5) is 0 Å². The summed E-state index contributed by atoms with van der Waals surface area (Å²) in [6.45, 7) is 3.67. The minimum Gasteiger partial charge on any atom is -0.144 e. The SMILES string of the molecule is C=C[CH]c1ccc(-c2cccs2)cc1. The second-order valence-corrected chi connectivity index (χ2v) is 3.95. The summed E-state index contributed by atoms with van der Waals surface area (Å²) in [5, 5.41) is 2.10. The first-order valence-electron chi connectivity index (χ1n) is 4.50. The number of benzene rings is 1. The Morgan fingerprint density at radius 3 is 2.43 bits per heavy atom. The van der Waals surface area contributed by atoms with E-state index in [0.29, 0.717) is 0 Å². The first-order chi connectivity index (χ1) is 6.90. The summed E-state index contributed by atoms with van der Waals surface area (Å²) >= 11 is 1.76. The molecule has 0 aliphatic carbocycles. The number of hydrogen-bond donors (Lipinski definition) is 0. The molecule has 0 N–H and O–H groups in total. The Morgan fingerprint density at radius 1 is 1.07 bits per heavy atom. The fourth-order valence-electron chi connectivity index (χ4n) is 1.34. The van der Waals surface area contributed by atoms with E-state index >= 15 is 0 Å². The van der Waals surface area contributed by atoms with E-state index in [4.69, 9.17) is 0 Å². The topological polar surface area (TPSA) is 0 Å². The van der Waals surface area contributed by atoms with Gasteiger partial charge in [-0.25, -0.2) is 0 Å². The van der Waals surface area contributed by atoms with E-state index in [0.717, 1.165) is 0 Å². The Labute approximate surface area is 88.5 Å². The molecule has 2 aromatic rings. The van der Waals surface area contributed by atoms with Crippen LogP contribution < -0.4 is 0 Å². The van der Waals surface area contributed by atoms with E-state index in [9.17, 15) is 0 Å². The van der Waals surface area contributed by atoms with Gasteiger partial charge in [0.15, 0.2) is 0 Å². The van der Waals surface area contributed by atoms with Crippen LogP contribution in [-0.4, -0.2) is 0 Å². The van der Waals surface area contributed by atoms with Gasteiger partial charge < -0.3 is 0 Å². The molecule has 2 rings (SSSR count). The van der Waals surface area contributed by atoms with Gasteiger partial charge >= 0.3 is 0 Å². The Balaban J connectivity index is 2.26. The standard InChI is InChI=1S/C13H11S/c1-2-4-11-6-8-12(9-7-11)13-5-3-10-14-13/h2-10H,1H2. The average molecular weight is 199 g/mol. The zero-order valence-corrected chi connectivity index (χ0v) is 8.63. The molecule has 0 nitrogen and oxygen atoms in total. The first-order valence-corrected chi connectivity index (χ1v) is 5.38. The summed E-state index contributed by atoms with van der Waals surface area (Å²) in [5.41, 5.74) is 2.47. The third-order valence-electron chi connectivity index (χ3n) is 2.03. The van der Waals surface area contributed by atoms with E-state index in [2.05, 4.69) is 48.4 Å². The molecule has 0 atom stereocenters. The molecule has 1 heteroatoms. The highest BCUT2D eigenvalue weighted by atomic mass is 32.1. The van der Waals surface area contributed by atoms with E-state index in [1.165, 1.54) is 16.0 Å². The van der Waals surface area contributed by atoms with Gasteiger partial charge in [0.2, 0.25) is 0 Å². The molecule has 0 bridgehead atoms. The molecule has 1 heterocycles. The summed E-state index contributed by atoms with van der Waals surface area (Å²) < 4.78 is 0. The average Bonchev–Trinajstić information content (AvgIpc) is 2.72. The maximum Gasteiger partial charge on any atom is 0.0342 e. The molecule has 0 fully saturated rings. The fourth-order valence-corrected chi connectivity index (χ4v) is 2.07. The van der Waals surface area contributed by atoms with Crippen molar-refractivity contribution in [3.05, 3.63) is 66.4 Å². The molecular formula is C13H11S. The lowest BCUT2D eigenvalue weighted by Gasteiger charge is -1.99. The maximum atomic E-state index is 3.67. The van der Waals surface area contributed by atoms with Crippen LogP contribution in [0, 0.1) is 6.42 Å². The van der Waals surface area contributed by atoms with Gasteiger partial charge in [-0.2, -0.15) is 0 Å². The molecule has 0 unspecified atom stereocenters. The van der Waals surface area contributed by atoms with Crippen molar-refractivity contribution in [1.82, 2.24) is 0 Å². The van der Waals surface area contributed by atoms with Crippen LogP contribution in [0.2, 0.25) is 0 Å². The summed E-state index contributed by atoms with van der Waals surface area (Å²) in [4.78, 5) is 1.31. The van der Waals surface area contributed by atoms with Crippen molar-refractivity contribution >= 4 is 11.3 Å². The van der Waals surface area contributed by atoms with Crippen molar-refractivity contribution in [3.63, 3.8) is 0 Å². The van der Waals surface area contributed by atoms with Gasteiger partial charge in [0.1, 0.15) is 0 Å². The summed E-state index contributed by atoms with van der Waals surface area (Å²) in [6, 6.07) is 12.7. The van der Waals surface area contributed by atoms with Crippen LogP contribution in [0.25, 0.3) is 10.4 Å². The van der Waals surface area contributed by atoms with Gasteiger partial charge in [-0.05, 0) is 22.6 Å². The quantitative estimate of drug-likeness (QED) is 0.696. The normalized spacial score (nSPS) is 10.0. The van der Waals surface area contributed by atoms with Crippen molar-refractivity contribution in [2.45, 2.75) is 0 Å². The zero-order valence-electron chi connectivity index (χ0n) is 7.81. The molecular weight excluding hydrogens is 188 g/mol. The highest BCUT2D eigenvalue weighted by Crippen LogP contribution is 2.24. The zero-order chi connectivity index (χ0) is 9.80. The van der Waals surface area contributed by atoms with Gasteiger partial charge in [0.25, 0.3) is 0 Å². The Bertz CT molecular complexity index is 395. The Morgan fingerprint density at radius 2 is 1.86 bits per heavy atom. The Hall–Kier alpha value is -1.34. The van der Waals surface area contributed by atoms with Crippen molar-refractivity contribution in [2.24, 2.45) is 0 Å². The van der Waals surface area contributed by atoms with E-state index in [-0.39, 0.29) is 0 Å². The summed E-state index contributed by atoms with van der Waals surface area (Å²) in [6.07, 6.45) is 3.80. The maximum absolute atomic E-state index is 3.67. The van der Waals surface area contributed by atoms with Crippen LogP contribution in [0.5, 0.6) is 0 Å². The molecule has 0 spiro atoms. The number of allylic oxidation sites excluding steroid dienone is 1. The second kappa shape index (κ2) is 4.25. The van der Waals surface area contributed by atoms with Crippen molar-refractivity contribution in [3.8, 4) is 10.4 Å². The number of hydrogen-bond acceptors (Lipinski definition) is 1. The lowest BCUT2D eigenvalue weighted by atomic mass is 10.1. The molecule has 0 aliphatic heterocycles. The van der Waals surface area contributed by atoms with Gasteiger partial charge in [-0.15, -0.1) is 17.9 Å². The van der Waals surface area contributed by atoms with Gasteiger partial charge in [0.05, 0.1) is 0 Å². The van der Waals surface area contributed by atoms with Crippen LogP contribution >= 0.6 is 11.3 Å². The third kappa shape index (κ3) is 1.94. The van der Waals surface area contributed by atoms with Gasteiger partial charge in [-0.3, -0.25) is 0 Å². The van der Waals surface area contributed by atoms with Crippen LogP contribution in [0.1, 0.15) is 5.56 Å². The number of rotatable bonds is 3. The Kier molecular flexibility index (Phi) is 2.80. The van der Waals surface area contributed by atoms with E-state index in [1.807, 2.05) is 6.42 Å². The van der Waals surface area contributed by atoms with Crippen molar-refractivity contribution in [1.29, 1.82) is 0 Å². The van der Waals surface area contributed by atoms with Crippen molar-refractivity contribution in [2.75, 3.05) is 0 Å². The van der Waals surface area contributed by atoms with Crippen molar-refractivity contribution < 1.29 is 0 Å². The molecule has 0 saturated carbocycles. The van der Waals surface area contributed by atoms with Crippen LogP contribution in [0.15, 0.2) is 54.4 Å². The molecule has 1 aromatic heterocycles. The first kappa shape index (κ1) is 9.22. The summed E-state index contributed by atoms with van der Waals surface area (Å²) in [7, 11) is 0. The van der Waals surface area contributed by atoms with Gasteiger partial charge in [-0.1, -0.05) is 36.4 Å². The lowest BCUT2D eigenvalue weighted by molar-refractivity contribution is 1.53. The lowest BCUT2D eigenvalue weighted by Crippen LogP contribution is -1.77. The van der Waals surface area contributed by atoms with Gasteiger partial charge in [0, 0.05) is 11.3 Å². The predicted octanol–water partition coefficient (Wildman–Crippen LogP) is 4.15. The van der Waals surface area contributed by atoms with E-state index < -0.39 is 0 Å². The minimum absolute atomic E-state index is 1.19. The number of thiophene rings is 1. The van der Waals surface area contributed by atoms with Crippen LogP contribution in [0.3, 0.4) is 0 Å². The molecule has 0 amide bonds. The van der Waals surface area contributed by atoms with Crippen LogP contribution in [-0.2, 0) is 0 Å². The minimum atomic E-state index is 1.19. The molecule has 1 radical (unpaired) electrons. The fraction of sp³-hybridized carbons (Fsp3) is 0. The predicted molar refractivity (Wildman–Crippen MR) is 63.4 cm³/mol. The second-order valence-electron chi connectivity index (χ2n) is 3.00. The molecule has 0 saturated heterocycles. The highest BCUT2D eigenvalue weighted by Gasteiger charge is 1.97.